The van der Waals surface area contributed by atoms with E-state index < -0.39 is 11.5 Å². The van der Waals surface area contributed by atoms with Crippen molar-refractivity contribution in [3.63, 3.8) is 0 Å². The molecule has 0 spiro atoms. The number of cyclic esters (lactones) is 1. The zero-order valence-corrected chi connectivity index (χ0v) is 21.6. The number of benzene rings is 1. The Morgan fingerprint density at radius 2 is 2.00 bits per heavy atom. The SMILES string of the molecule is C=C1CCC2[C@](C)(CC[C@@H](O)[C@@]2(C)CO)C1CC(NCNCc1ccc(Cl)cc1)C1=CCOC1=O. The van der Waals surface area contributed by atoms with E-state index in [9.17, 15) is 15.0 Å². The molecule has 4 rings (SSSR count). The Balaban J connectivity index is 1.50. The summed E-state index contributed by atoms with van der Waals surface area (Å²) < 4.78 is 5.25. The van der Waals surface area contributed by atoms with Gasteiger partial charge in [0.2, 0.25) is 0 Å². The molecule has 6 atom stereocenters. The van der Waals surface area contributed by atoms with Crippen LogP contribution in [0.5, 0.6) is 0 Å². The van der Waals surface area contributed by atoms with Crippen LogP contribution >= 0.6 is 11.6 Å². The number of rotatable bonds is 9. The van der Waals surface area contributed by atoms with Crippen molar-refractivity contribution in [3.05, 3.63) is 58.7 Å². The van der Waals surface area contributed by atoms with Gasteiger partial charge in [0.15, 0.2) is 0 Å². The van der Waals surface area contributed by atoms with Gasteiger partial charge in [0.05, 0.1) is 18.3 Å². The van der Waals surface area contributed by atoms with Gasteiger partial charge in [0, 0.05) is 29.7 Å². The van der Waals surface area contributed by atoms with Gasteiger partial charge in [-0.25, -0.2) is 4.79 Å². The summed E-state index contributed by atoms with van der Waals surface area (Å²) >= 11 is 5.98. The molecule has 2 saturated carbocycles. The van der Waals surface area contributed by atoms with Crippen LogP contribution in [0.3, 0.4) is 0 Å². The molecule has 192 valence electrons. The van der Waals surface area contributed by atoms with E-state index in [-0.39, 0.29) is 35.9 Å². The molecule has 2 fully saturated rings. The van der Waals surface area contributed by atoms with E-state index in [4.69, 9.17) is 16.3 Å². The number of hydrogen-bond donors (Lipinski definition) is 4. The van der Waals surface area contributed by atoms with Gasteiger partial charge >= 0.3 is 5.97 Å². The summed E-state index contributed by atoms with van der Waals surface area (Å²) in [4.78, 5) is 12.5. The predicted molar refractivity (Wildman–Crippen MR) is 138 cm³/mol. The topological polar surface area (TPSA) is 90.8 Å². The number of ether oxygens (including phenoxy) is 1. The average molecular weight is 503 g/mol. The zero-order chi connectivity index (χ0) is 25.2. The van der Waals surface area contributed by atoms with Gasteiger partial charge in [-0.3, -0.25) is 5.32 Å². The second kappa shape index (κ2) is 10.7. The van der Waals surface area contributed by atoms with E-state index >= 15 is 0 Å². The molecule has 0 saturated heterocycles. The van der Waals surface area contributed by atoms with Gasteiger partial charge < -0.3 is 20.3 Å². The number of aliphatic hydroxyl groups excluding tert-OH is 2. The van der Waals surface area contributed by atoms with Crippen molar-refractivity contribution >= 4 is 17.6 Å². The van der Waals surface area contributed by atoms with Crippen molar-refractivity contribution in [1.82, 2.24) is 10.6 Å². The van der Waals surface area contributed by atoms with Gasteiger partial charge in [-0.1, -0.05) is 49.7 Å². The lowest BCUT2D eigenvalue weighted by atomic mass is 9.46. The fraction of sp³-hybridized carbons (Fsp3) is 0.607. The van der Waals surface area contributed by atoms with Gasteiger partial charge in [-0.05, 0) is 73.1 Å². The average Bonchev–Trinajstić information content (AvgIpc) is 3.27. The maximum Gasteiger partial charge on any atom is 0.335 e. The second-order valence-corrected chi connectivity index (χ2v) is 11.4. The lowest BCUT2D eigenvalue weighted by molar-refractivity contribution is -0.153. The normalized spacial score (nSPS) is 33.7. The molecule has 0 radical (unpaired) electrons. The number of nitrogens with one attached hydrogen (secondary N) is 2. The molecule has 35 heavy (non-hydrogen) atoms. The first-order chi connectivity index (χ1) is 16.7. The highest BCUT2D eigenvalue weighted by atomic mass is 35.5. The van der Waals surface area contributed by atoms with Crippen LogP contribution in [0.4, 0.5) is 0 Å². The Morgan fingerprint density at radius 3 is 2.66 bits per heavy atom. The Morgan fingerprint density at radius 1 is 1.26 bits per heavy atom. The summed E-state index contributed by atoms with van der Waals surface area (Å²) in [5, 5.41) is 28.8. The van der Waals surface area contributed by atoms with Gasteiger partial charge in [0.25, 0.3) is 0 Å². The molecule has 1 aromatic carbocycles. The monoisotopic (exact) mass is 502 g/mol. The summed E-state index contributed by atoms with van der Waals surface area (Å²) in [5.41, 5.74) is 2.38. The number of fused-ring (bicyclic) bond motifs is 1. The van der Waals surface area contributed by atoms with Crippen LogP contribution in [-0.2, 0) is 16.1 Å². The third-order valence-electron chi connectivity index (χ3n) is 9.01. The van der Waals surface area contributed by atoms with E-state index in [0.717, 1.165) is 31.2 Å². The van der Waals surface area contributed by atoms with E-state index in [2.05, 4.69) is 24.1 Å². The molecule has 0 amide bonds. The van der Waals surface area contributed by atoms with E-state index in [1.807, 2.05) is 37.3 Å². The standard InChI is InChI=1S/C28H39ClN2O4/c1-18-4-9-24-27(2,12-10-25(33)28(24,3)16-32)22(18)14-23(21-11-13-35-26(21)34)31-17-30-15-19-5-7-20(29)8-6-19/h5-8,11,22-25,30-33H,1,4,9-10,12-17H2,2-3H3/t22?,23?,24?,25-,27-,28+/m1/s1. The van der Waals surface area contributed by atoms with Gasteiger partial charge in [0.1, 0.15) is 6.61 Å². The minimum atomic E-state index is -0.527. The van der Waals surface area contributed by atoms with Crippen LogP contribution in [0.15, 0.2) is 48.1 Å². The number of carbonyl (C=O) groups is 1. The third kappa shape index (κ3) is 5.23. The maximum absolute atomic E-state index is 12.5. The van der Waals surface area contributed by atoms with E-state index in [0.29, 0.717) is 36.8 Å². The quantitative estimate of drug-likeness (QED) is 0.177. The van der Waals surface area contributed by atoms with E-state index in [1.165, 1.54) is 5.57 Å². The smallest absolute Gasteiger partial charge is 0.335 e. The number of carbonyl (C=O) groups excluding carboxylic acids is 1. The van der Waals surface area contributed by atoms with Crippen LogP contribution in [0.25, 0.3) is 0 Å². The van der Waals surface area contributed by atoms with Crippen LogP contribution in [0.2, 0.25) is 5.02 Å². The summed E-state index contributed by atoms with van der Waals surface area (Å²) in [7, 11) is 0. The first-order valence-electron chi connectivity index (χ1n) is 12.7. The van der Waals surface area contributed by atoms with Crippen LogP contribution in [0, 0.1) is 22.7 Å². The Kier molecular flexibility index (Phi) is 8.08. The first-order valence-corrected chi connectivity index (χ1v) is 13.1. The number of esters is 1. The molecule has 1 heterocycles. The summed E-state index contributed by atoms with van der Waals surface area (Å²) in [6.45, 7) is 10.3. The Labute approximate surface area is 213 Å². The van der Waals surface area contributed by atoms with Crippen molar-refractivity contribution in [2.75, 3.05) is 19.9 Å². The molecule has 1 aromatic rings. The van der Waals surface area contributed by atoms with Crippen molar-refractivity contribution in [2.24, 2.45) is 22.7 Å². The minimum Gasteiger partial charge on any atom is -0.458 e. The van der Waals surface area contributed by atoms with Gasteiger partial charge in [-0.2, -0.15) is 0 Å². The van der Waals surface area contributed by atoms with Crippen molar-refractivity contribution < 1.29 is 19.7 Å². The van der Waals surface area contributed by atoms with Crippen LogP contribution in [-0.4, -0.2) is 48.2 Å². The number of aliphatic hydroxyl groups is 2. The highest BCUT2D eigenvalue weighted by Crippen LogP contribution is 2.61. The molecule has 4 N–H and O–H groups in total. The molecular formula is C28H39ClN2O4. The molecule has 3 unspecified atom stereocenters. The Hall–Kier alpha value is -1.70. The van der Waals surface area contributed by atoms with Crippen molar-refractivity contribution in [3.8, 4) is 0 Å². The fourth-order valence-corrected chi connectivity index (χ4v) is 6.98. The van der Waals surface area contributed by atoms with Crippen molar-refractivity contribution in [1.29, 1.82) is 0 Å². The zero-order valence-electron chi connectivity index (χ0n) is 20.9. The lowest BCUT2D eigenvalue weighted by Crippen LogP contribution is -2.58. The molecule has 7 heteroatoms. The number of hydrogen-bond acceptors (Lipinski definition) is 6. The third-order valence-corrected chi connectivity index (χ3v) is 9.26. The lowest BCUT2D eigenvalue weighted by Gasteiger charge is -2.60. The predicted octanol–water partition coefficient (Wildman–Crippen LogP) is 3.96. The molecule has 1 aliphatic heterocycles. The largest absolute Gasteiger partial charge is 0.458 e. The maximum atomic E-state index is 12.5. The first kappa shape index (κ1) is 26.4. The summed E-state index contributed by atoms with van der Waals surface area (Å²) in [6, 6.07) is 7.56. The highest BCUT2D eigenvalue weighted by Gasteiger charge is 2.57. The van der Waals surface area contributed by atoms with Crippen LogP contribution in [0.1, 0.15) is 51.5 Å². The van der Waals surface area contributed by atoms with Gasteiger partial charge in [-0.15, -0.1) is 0 Å². The molecular weight excluding hydrogens is 464 g/mol. The second-order valence-electron chi connectivity index (χ2n) is 11.0. The number of halogens is 1. The minimum absolute atomic E-state index is 0.0264. The highest BCUT2D eigenvalue weighted by molar-refractivity contribution is 6.30. The van der Waals surface area contributed by atoms with Crippen LogP contribution < -0.4 is 10.6 Å². The Bertz CT molecular complexity index is 964. The number of allylic oxidation sites excluding steroid dienone is 1. The molecule has 6 nitrogen and oxygen atoms in total. The molecule has 2 aliphatic carbocycles. The van der Waals surface area contributed by atoms with Crippen molar-refractivity contribution in [2.45, 2.75) is 64.6 Å². The summed E-state index contributed by atoms with van der Waals surface area (Å²) in [5.74, 6) is 0.0951. The fourth-order valence-electron chi connectivity index (χ4n) is 6.85. The summed E-state index contributed by atoms with van der Waals surface area (Å²) in [6.07, 6.45) is 5.45. The van der Waals surface area contributed by atoms with E-state index in [1.54, 1.807) is 0 Å². The molecule has 3 aliphatic rings. The molecule has 0 aromatic heterocycles. The molecule has 0 bridgehead atoms.